The van der Waals surface area contributed by atoms with Crippen LogP contribution in [0.15, 0.2) is 54.6 Å². The fourth-order valence-corrected chi connectivity index (χ4v) is 4.81. The SMILES string of the molecule is CC(C)c1nc2c(n1C(C)c1ccc(Cl)cc1)C(CC(=O)OCc1ccccc1)CCC2. The smallest absolute Gasteiger partial charge is 0.306 e. The summed E-state index contributed by atoms with van der Waals surface area (Å²) in [6.07, 6.45) is 3.37. The number of halogens is 1. The highest BCUT2D eigenvalue weighted by molar-refractivity contribution is 6.30. The summed E-state index contributed by atoms with van der Waals surface area (Å²) in [4.78, 5) is 17.8. The molecule has 2 unspecified atom stereocenters. The fourth-order valence-electron chi connectivity index (χ4n) is 4.68. The molecule has 3 aromatic rings. The molecule has 2 aromatic carbocycles. The first-order valence-electron chi connectivity index (χ1n) is 11.5. The molecule has 32 heavy (non-hydrogen) atoms. The predicted octanol–water partition coefficient (Wildman–Crippen LogP) is 6.82. The summed E-state index contributed by atoms with van der Waals surface area (Å²) in [5.41, 5.74) is 4.54. The third-order valence-electron chi connectivity index (χ3n) is 6.32. The lowest BCUT2D eigenvalue weighted by atomic mass is 9.86. The van der Waals surface area contributed by atoms with Gasteiger partial charge in [0, 0.05) is 22.6 Å². The quantitative estimate of drug-likeness (QED) is 0.371. The molecule has 1 aliphatic rings. The van der Waals surface area contributed by atoms with E-state index in [9.17, 15) is 4.79 Å². The van der Waals surface area contributed by atoms with Crippen LogP contribution in [0.2, 0.25) is 5.02 Å². The molecule has 2 atom stereocenters. The van der Waals surface area contributed by atoms with E-state index in [0.29, 0.717) is 18.9 Å². The number of carbonyl (C=O) groups excluding carboxylic acids is 1. The van der Waals surface area contributed by atoms with Crippen molar-refractivity contribution in [3.63, 3.8) is 0 Å². The number of rotatable bonds is 7. The Morgan fingerprint density at radius 2 is 1.84 bits per heavy atom. The molecule has 1 heterocycles. The van der Waals surface area contributed by atoms with Crippen LogP contribution in [0.5, 0.6) is 0 Å². The van der Waals surface area contributed by atoms with Crippen molar-refractivity contribution < 1.29 is 9.53 Å². The first-order valence-corrected chi connectivity index (χ1v) is 11.9. The molecule has 4 rings (SSSR count). The number of hydrogen-bond acceptors (Lipinski definition) is 3. The van der Waals surface area contributed by atoms with Crippen molar-refractivity contribution in [3.8, 4) is 0 Å². The summed E-state index contributed by atoms with van der Waals surface area (Å²) in [6, 6.07) is 18.0. The molecule has 5 heteroatoms. The lowest BCUT2D eigenvalue weighted by molar-refractivity contribution is -0.145. The second-order valence-electron chi connectivity index (χ2n) is 8.99. The number of aromatic nitrogens is 2. The highest BCUT2D eigenvalue weighted by atomic mass is 35.5. The number of carbonyl (C=O) groups is 1. The third kappa shape index (κ3) is 4.91. The van der Waals surface area contributed by atoms with Gasteiger partial charge in [-0.3, -0.25) is 4.79 Å². The van der Waals surface area contributed by atoms with Crippen molar-refractivity contribution in [1.29, 1.82) is 0 Å². The Morgan fingerprint density at radius 1 is 1.12 bits per heavy atom. The van der Waals surface area contributed by atoms with Crippen LogP contribution in [0.1, 0.15) is 86.3 Å². The first kappa shape index (κ1) is 22.6. The standard InChI is InChI=1S/C27H31ClN2O2/c1-18(2)27-29-24-11-7-10-22(16-25(31)32-17-20-8-5-4-6-9-20)26(24)30(27)19(3)21-12-14-23(28)15-13-21/h4-6,8-9,12-15,18-19,22H,7,10-11,16-17H2,1-3H3. The zero-order valence-electron chi connectivity index (χ0n) is 19.1. The van der Waals surface area contributed by atoms with Crippen molar-refractivity contribution >= 4 is 17.6 Å². The molecule has 0 saturated carbocycles. The minimum Gasteiger partial charge on any atom is -0.461 e. The van der Waals surface area contributed by atoms with Gasteiger partial charge in [-0.25, -0.2) is 4.98 Å². The van der Waals surface area contributed by atoms with Crippen molar-refractivity contribution in [3.05, 3.63) is 88.0 Å². The van der Waals surface area contributed by atoms with E-state index in [4.69, 9.17) is 21.3 Å². The molecule has 0 bridgehead atoms. The topological polar surface area (TPSA) is 44.1 Å². The molecule has 0 N–H and O–H groups in total. The van der Waals surface area contributed by atoms with Crippen LogP contribution in [0.3, 0.4) is 0 Å². The minimum atomic E-state index is -0.148. The molecule has 0 radical (unpaired) electrons. The number of benzene rings is 2. The second kappa shape index (κ2) is 9.91. The van der Waals surface area contributed by atoms with Crippen LogP contribution in [0.4, 0.5) is 0 Å². The van der Waals surface area contributed by atoms with Gasteiger partial charge in [0.25, 0.3) is 0 Å². The molecule has 0 spiro atoms. The van der Waals surface area contributed by atoms with E-state index in [2.05, 4.69) is 37.5 Å². The van der Waals surface area contributed by atoms with Crippen LogP contribution in [-0.4, -0.2) is 15.5 Å². The van der Waals surface area contributed by atoms with Crippen molar-refractivity contribution in [2.24, 2.45) is 0 Å². The third-order valence-corrected chi connectivity index (χ3v) is 6.57. The Morgan fingerprint density at radius 3 is 2.53 bits per heavy atom. The Bertz CT molecular complexity index is 1060. The van der Waals surface area contributed by atoms with Gasteiger partial charge < -0.3 is 9.30 Å². The fraction of sp³-hybridized carbons (Fsp3) is 0.407. The lowest BCUT2D eigenvalue weighted by Gasteiger charge is -2.28. The molecule has 1 aliphatic carbocycles. The van der Waals surface area contributed by atoms with Gasteiger partial charge in [-0.05, 0) is 49.4 Å². The maximum Gasteiger partial charge on any atom is 0.306 e. The minimum absolute atomic E-state index is 0.113. The number of ether oxygens (including phenoxy) is 1. The van der Waals surface area contributed by atoms with Crippen LogP contribution >= 0.6 is 11.6 Å². The largest absolute Gasteiger partial charge is 0.461 e. The summed E-state index contributed by atoms with van der Waals surface area (Å²) in [5, 5.41) is 0.733. The summed E-state index contributed by atoms with van der Waals surface area (Å²) in [5.74, 6) is 1.35. The number of esters is 1. The zero-order chi connectivity index (χ0) is 22.7. The summed E-state index contributed by atoms with van der Waals surface area (Å²) in [7, 11) is 0. The van der Waals surface area contributed by atoms with Gasteiger partial charge in [0.05, 0.1) is 18.2 Å². The van der Waals surface area contributed by atoms with E-state index in [1.165, 1.54) is 11.3 Å². The predicted molar refractivity (Wildman–Crippen MR) is 128 cm³/mol. The van der Waals surface area contributed by atoms with Gasteiger partial charge >= 0.3 is 5.97 Å². The molecular formula is C27H31ClN2O2. The van der Waals surface area contributed by atoms with E-state index >= 15 is 0 Å². The van der Waals surface area contributed by atoms with Gasteiger partial charge in [-0.1, -0.05) is 67.9 Å². The number of fused-ring (bicyclic) bond motifs is 1. The average molecular weight is 451 g/mol. The van der Waals surface area contributed by atoms with E-state index in [1.807, 2.05) is 42.5 Å². The Kier molecular flexibility index (Phi) is 7.00. The van der Waals surface area contributed by atoms with E-state index < -0.39 is 0 Å². The number of imidazole rings is 1. The zero-order valence-corrected chi connectivity index (χ0v) is 19.8. The monoisotopic (exact) mass is 450 g/mol. The molecule has 1 aromatic heterocycles. The molecule has 0 amide bonds. The first-order chi connectivity index (χ1) is 15.4. The van der Waals surface area contributed by atoms with E-state index in [0.717, 1.165) is 41.4 Å². The van der Waals surface area contributed by atoms with Gasteiger partial charge in [0.2, 0.25) is 0 Å². The van der Waals surface area contributed by atoms with E-state index in [1.54, 1.807) is 0 Å². The molecule has 168 valence electrons. The molecule has 0 aliphatic heterocycles. The number of hydrogen-bond donors (Lipinski definition) is 0. The van der Waals surface area contributed by atoms with Crippen LogP contribution in [0, 0.1) is 0 Å². The number of nitrogens with zero attached hydrogens (tertiary/aromatic N) is 2. The summed E-state index contributed by atoms with van der Waals surface area (Å²) in [6.45, 7) is 6.89. The van der Waals surface area contributed by atoms with Gasteiger partial charge in [-0.2, -0.15) is 0 Å². The lowest BCUT2D eigenvalue weighted by Crippen LogP contribution is -2.21. The highest BCUT2D eigenvalue weighted by Gasteiger charge is 2.32. The maximum atomic E-state index is 12.8. The van der Waals surface area contributed by atoms with Crippen LogP contribution in [-0.2, 0) is 22.6 Å². The highest BCUT2D eigenvalue weighted by Crippen LogP contribution is 2.39. The Balaban J connectivity index is 1.60. The second-order valence-corrected chi connectivity index (χ2v) is 9.43. The normalized spacial score (nSPS) is 16.6. The average Bonchev–Trinajstić information content (AvgIpc) is 3.19. The maximum absolute atomic E-state index is 12.8. The van der Waals surface area contributed by atoms with Gasteiger partial charge in [0.1, 0.15) is 12.4 Å². The van der Waals surface area contributed by atoms with Gasteiger partial charge in [0.15, 0.2) is 0 Å². The van der Waals surface area contributed by atoms with Crippen LogP contribution < -0.4 is 0 Å². The molecule has 0 fully saturated rings. The summed E-state index contributed by atoms with van der Waals surface area (Å²) >= 11 is 6.12. The summed E-state index contributed by atoms with van der Waals surface area (Å²) < 4.78 is 7.99. The van der Waals surface area contributed by atoms with Crippen molar-refractivity contribution in [2.45, 2.75) is 70.9 Å². The van der Waals surface area contributed by atoms with Crippen molar-refractivity contribution in [1.82, 2.24) is 9.55 Å². The molecule has 4 nitrogen and oxygen atoms in total. The molecular weight excluding hydrogens is 420 g/mol. The Labute approximate surface area is 195 Å². The number of aryl methyl sites for hydroxylation is 1. The molecule has 0 saturated heterocycles. The van der Waals surface area contributed by atoms with Crippen LogP contribution in [0.25, 0.3) is 0 Å². The van der Waals surface area contributed by atoms with Crippen molar-refractivity contribution in [2.75, 3.05) is 0 Å². The van der Waals surface area contributed by atoms with Gasteiger partial charge in [-0.15, -0.1) is 0 Å². The Hall–Kier alpha value is -2.59. The van der Waals surface area contributed by atoms with E-state index in [-0.39, 0.29) is 17.9 Å².